The number of benzene rings is 1. The van der Waals surface area contributed by atoms with Crippen molar-refractivity contribution in [2.24, 2.45) is 0 Å². The number of fused-ring (bicyclic) bond motifs is 1. The Morgan fingerprint density at radius 2 is 2.25 bits per heavy atom. The van der Waals surface area contributed by atoms with Gasteiger partial charge in [0.2, 0.25) is 5.91 Å². The Balaban J connectivity index is 2.55. The third kappa shape index (κ3) is 0.994. The van der Waals surface area contributed by atoms with Gasteiger partial charge in [0.15, 0.2) is 0 Å². The van der Waals surface area contributed by atoms with Crippen molar-refractivity contribution in [1.29, 1.82) is 0 Å². The van der Waals surface area contributed by atoms with Crippen LogP contribution in [0.1, 0.15) is 18.4 Å². The molecule has 0 saturated heterocycles. The molecule has 2 nitrogen and oxygen atoms in total. The highest BCUT2D eigenvalue weighted by Crippen LogP contribution is 2.33. The Labute approximate surface area is 75.5 Å². The molecule has 12 heavy (non-hydrogen) atoms. The van der Waals surface area contributed by atoms with Gasteiger partial charge in [0.05, 0.1) is 5.92 Å². The minimum Gasteiger partial charge on any atom is -0.325 e. The van der Waals surface area contributed by atoms with Crippen LogP contribution in [0.25, 0.3) is 0 Å². The quantitative estimate of drug-likeness (QED) is 0.654. The molecular weight excluding hydrogens is 174 g/mol. The van der Waals surface area contributed by atoms with Crippen LogP contribution >= 0.6 is 11.6 Å². The normalized spacial score (nSPS) is 20.5. The molecule has 0 spiro atoms. The van der Waals surface area contributed by atoms with Crippen molar-refractivity contribution in [2.75, 3.05) is 5.32 Å². The summed E-state index contributed by atoms with van der Waals surface area (Å²) >= 11 is 5.80. The predicted octanol–water partition coefficient (Wildman–Crippen LogP) is 2.40. The molecule has 1 aromatic carbocycles. The molecule has 1 N–H and O–H groups in total. The molecule has 0 aliphatic carbocycles. The molecule has 0 radical (unpaired) electrons. The van der Waals surface area contributed by atoms with Gasteiger partial charge in [0.1, 0.15) is 0 Å². The Bertz CT molecular complexity index is 348. The number of carbonyl (C=O) groups excluding carboxylic acids is 1. The molecule has 0 fully saturated rings. The molecule has 1 heterocycles. The fourth-order valence-corrected chi connectivity index (χ4v) is 1.57. The van der Waals surface area contributed by atoms with Gasteiger partial charge >= 0.3 is 0 Å². The maximum atomic E-state index is 11.2. The van der Waals surface area contributed by atoms with Crippen LogP contribution in [-0.4, -0.2) is 5.91 Å². The number of hydrogen-bond acceptors (Lipinski definition) is 1. The fourth-order valence-electron chi connectivity index (χ4n) is 1.39. The van der Waals surface area contributed by atoms with E-state index in [1.54, 1.807) is 6.07 Å². The second-order valence-corrected chi connectivity index (χ2v) is 3.38. The molecule has 1 unspecified atom stereocenters. The average molecular weight is 182 g/mol. The predicted molar refractivity (Wildman–Crippen MR) is 48.5 cm³/mol. The minimum absolute atomic E-state index is 0.0484. The van der Waals surface area contributed by atoms with Crippen molar-refractivity contribution in [3.8, 4) is 0 Å². The lowest BCUT2D eigenvalue weighted by Gasteiger charge is -1.99. The molecule has 0 saturated carbocycles. The molecule has 2 rings (SSSR count). The summed E-state index contributed by atoms with van der Waals surface area (Å²) in [4.78, 5) is 11.2. The topological polar surface area (TPSA) is 29.1 Å². The Morgan fingerprint density at radius 3 is 3.00 bits per heavy atom. The van der Waals surface area contributed by atoms with E-state index in [0.717, 1.165) is 11.3 Å². The van der Waals surface area contributed by atoms with Crippen LogP contribution in [0.5, 0.6) is 0 Å². The number of anilines is 1. The van der Waals surface area contributed by atoms with Crippen molar-refractivity contribution < 1.29 is 4.79 Å². The van der Waals surface area contributed by atoms with E-state index in [2.05, 4.69) is 5.32 Å². The zero-order valence-electron chi connectivity index (χ0n) is 6.60. The SMILES string of the molecule is CC1C(=O)Nc2ccc(Cl)cc21. The molecule has 1 aromatic rings. The van der Waals surface area contributed by atoms with Gasteiger partial charge in [-0.25, -0.2) is 0 Å². The van der Waals surface area contributed by atoms with Crippen molar-refractivity contribution in [1.82, 2.24) is 0 Å². The van der Waals surface area contributed by atoms with Crippen LogP contribution in [0.2, 0.25) is 5.02 Å². The Hall–Kier alpha value is -1.02. The molecule has 62 valence electrons. The van der Waals surface area contributed by atoms with Crippen molar-refractivity contribution in [3.63, 3.8) is 0 Å². The minimum atomic E-state index is -0.0706. The van der Waals surface area contributed by atoms with E-state index in [0.29, 0.717) is 5.02 Å². The van der Waals surface area contributed by atoms with E-state index in [9.17, 15) is 4.79 Å². The van der Waals surface area contributed by atoms with Crippen molar-refractivity contribution in [3.05, 3.63) is 28.8 Å². The number of amides is 1. The maximum Gasteiger partial charge on any atom is 0.231 e. The van der Waals surface area contributed by atoms with Gasteiger partial charge in [-0.3, -0.25) is 4.79 Å². The largest absolute Gasteiger partial charge is 0.325 e. The summed E-state index contributed by atoms with van der Waals surface area (Å²) in [6, 6.07) is 5.44. The second kappa shape index (κ2) is 2.49. The molecule has 0 aromatic heterocycles. The highest BCUT2D eigenvalue weighted by molar-refractivity contribution is 6.31. The number of carbonyl (C=O) groups is 1. The first-order chi connectivity index (χ1) is 5.68. The number of rotatable bonds is 0. The Morgan fingerprint density at radius 1 is 1.50 bits per heavy atom. The van der Waals surface area contributed by atoms with Gasteiger partial charge < -0.3 is 5.32 Å². The summed E-state index contributed by atoms with van der Waals surface area (Å²) in [5.74, 6) is -0.0223. The molecule has 1 amide bonds. The van der Waals surface area contributed by atoms with Gasteiger partial charge in [0, 0.05) is 10.7 Å². The summed E-state index contributed by atoms with van der Waals surface area (Å²) < 4.78 is 0. The highest BCUT2D eigenvalue weighted by Gasteiger charge is 2.25. The van der Waals surface area contributed by atoms with Gasteiger partial charge in [-0.15, -0.1) is 0 Å². The monoisotopic (exact) mass is 181 g/mol. The molecule has 0 bridgehead atoms. The van der Waals surface area contributed by atoms with E-state index < -0.39 is 0 Å². The summed E-state index contributed by atoms with van der Waals surface area (Å²) in [6.07, 6.45) is 0. The number of hydrogen-bond donors (Lipinski definition) is 1. The van der Waals surface area contributed by atoms with Gasteiger partial charge in [0.25, 0.3) is 0 Å². The zero-order chi connectivity index (χ0) is 8.72. The second-order valence-electron chi connectivity index (χ2n) is 2.94. The van der Waals surface area contributed by atoms with Crippen LogP contribution in [0.4, 0.5) is 5.69 Å². The first kappa shape index (κ1) is 7.62. The third-order valence-electron chi connectivity index (χ3n) is 2.13. The smallest absolute Gasteiger partial charge is 0.231 e. The van der Waals surface area contributed by atoms with Crippen LogP contribution < -0.4 is 5.32 Å². The lowest BCUT2D eigenvalue weighted by Crippen LogP contribution is -2.08. The summed E-state index contributed by atoms with van der Waals surface area (Å²) in [5, 5.41) is 3.45. The van der Waals surface area contributed by atoms with Crippen molar-refractivity contribution in [2.45, 2.75) is 12.8 Å². The first-order valence-electron chi connectivity index (χ1n) is 3.79. The summed E-state index contributed by atoms with van der Waals surface area (Å²) in [5.41, 5.74) is 1.88. The highest BCUT2D eigenvalue weighted by atomic mass is 35.5. The summed E-state index contributed by atoms with van der Waals surface area (Å²) in [6.45, 7) is 1.87. The molecule has 1 aliphatic rings. The van der Waals surface area contributed by atoms with Crippen molar-refractivity contribution >= 4 is 23.2 Å². The lowest BCUT2D eigenvalue weighted by molar-refractivity contribution is -0.116. The van der Waals surface area contributed by atoms with Crippen LogP contribution in [0.15, 0.2) is 18.2 Å². The van der Waals surface area contributed by atoms with E-state index >= 15 is 0 Å². The Kier molecular flexibility index (Phi) is 1.58. The molecular formula is C9H8ClNO. The van der Waals surface area contributed by atoms with Crippen LogP contribution in [-0.2, 0) is 4.79 Å². The first-order valence-corrected chi connectivity index (χ1v) is 4.16. The maximum absolute atomic E-state index is 11.2. The zero-order valence-corrected chi connectivity index (χ0v) is 7.35. The average Bonchev–Trinajstić information content (AvgIpc) is 2.31. The van der Waals surface area contributed by atoms with E-state index in [1.807, 2.05) is 19.1 Å². The van der Waals surface area contributed by atoms with Gasteiger partial charge in [-0.1, -0.05) is 11.6 Å². The number of nitrogens with one attached hydrogen (secondary N) is 1. The number of halogens is 1. The molecule has 1 aliphatic heterocycles. The summed E-state index contributed by atoms with van der Waals surface area (Å²) in [7, 11) is 0. The van der Waals surface area contributed by atoms with Crippen LogP contribution in [0.3, 0.4) is 0 Å². The molecule has 3 heteroatoms. The van der Waals surface area contributed by atoms with E-state index in [4.69, 9.17) is 11.6 Å². The van der Waals surface area contributed by atoms with E-state index in [-0.39, 0.29) is 11.8 Å². The lowest BCUT2D eigenvalue weighted by atomic mass is 10.0. The van der Waals surface area contributed by atoms with E-state index in [1.165, 1.54) is 0 Å². The standard InChI is InChI=1S/C9H8ClNO/c1-5-7-4-6(10)2-3-8(7)11-9(5)12/h2-5H,1H3,(H,11,12). The third-order valence-corrected chi connectivity index (χ3v) is 2.37. The fraction of sp³-hybridized carbons (Fsp3) is 0.222. The van der Waals surface area contributed by atoms with Crippen LogP contribution in [0, 0.1) is 0 Å². The molecule has 1 atom stereocenters. The van der Waals surface area contributed by atoms with Gasteiger partial charge in [-0.05, 0) is 30.7 Å². The van der Waals surface area contributed by atoms with Gasteiger partial charge in [-0.2, -0.15) is 0 Å².